The average Bonchev–Trinajstić information content (AvgIpc) is 3.24. The Kier molecular flexibility index (Phi) is 12.5. The first-order valence-electron chi connectivity index (χ1n) is 18.4. The molecule has 0 bridgehead atoms. The van der Waals surface area contributed by atoms with E-state index >= 15 is 0 Å². The Labute approximate surface area is 341 Å². The van der Waals surface area contributed by atoms with Crippen LogP contribution >= 0.6 is 11.6 Å². The van der Waals surface area contributed by atoms with Crippen LogP contribution in [0, 0.1) is 10.1 Å². The van der Waals surface area contributed by atoms with Gasteiger partial charge in [0.25, 0.3) is 21.6 Å². The first-order valence-corrected chi connectivity index (χ1v) is 20.3. The summed E-state index contributed by atoms with van der Waals surface area (Å²) in [6.45, 7) is 4.06. The predicted molar refractivity (Wildman–Crippen MR) is 223 cm³/mol. The average molecular weight is 819 g/mol. The van der Waals surface area contributed by atoms with Gasteiger partial charge in [0.1, 0.15) is 23.8 Å². The van der Waals surface area contributed by atoms with Crippen molar-refractivity contribution in [2.75, 3.05) is 49.5 Å². The van der Waals surface area contributed by atoms with Crippen molar-refractivity contribution in [3.8, 4) is 28.5 Å². The van der Waals surface area contributed by atoms with E-state index in [0.29, 0.717) is 29.7 Å². The molecule has 2 N–H and O–H groups in total. The van der Waals surface area contributed by atoms with Crippen molar-refractivity contribution in [2.24, 2.45) is 0 Å². The maximum absolute atomic E-state index is 13.7. The minimum Gasteiger partial charge on any atom is -0.476 e. The van der Waals surface area contributed by atoms with E-state index in [-0.39, 0.29) is 30.2 Å². The number of halogens is 1. The van der Waals surface area contributed by atoms with Crippen LogP contribution in [0.1, 0.15) is 15.9 Å². The fourth-order valence-corrected chi connectivity index (χ4v) is 7.67. The molecule has 1 saturated heterocycles. The highest BCUT2D eigenvalue weighted by Crippen LogP contribution is 2.33. The molecule has 0 saturated carbocycles. The summed E-state index contributed by atoms with van der Waals surface area (Å²) in [5, 5.41) is 15.6. The van der Waals surface area contributed by atoms with Crippen molar-refractivity contribution in [1.82, 2.24) is 14.6 Å². The highest BCUT2D eigenvalue weighted by atomic mass is 35.5. The van der Waals surface area contributed by atoms with Gasteiger partial charge in [0.2, 0.25) is 5.88 Å². The van der Waals surface area contributed by atoms with Gasteiger partial charge in [-0.2, -0.15) is 0 Å². The number of para-hydroxylation sites is 1. The number of hydrogen-bond acceptors (Lipinski definition) is 11. The zero-order valence-corrected chi connectivity index (χ0v) is 32.7. The first-order chi connectivity index (χ1) is 28.1. The molecular weight excluding hydrogens is 780 g/mol. The minimum absolute atomic E-state index is 0.0330. The normalized spacial score (nSPS) is 13.1. The molecule has 5 aromatic carbocycles. The van der Waals surface area contributed by atoms with E-state index in [2.05, 4.69) is 37.0 Å². The summed E-state index contributed by atoms with van der Waals surface area (Å²) in [5.74, 6) is 0.0302. The fraction of sp³-hybridized carbons (Fsp3) is 0.163. The molecule has 1 aromatic heterocycles. The Morgan fingerprint density at radius 2 is 1.59 bits per heavy atom. The number of amides is 1. The van der Waals surface area contributed by atoms with Gasteiger partial charge in [-0.05, 0) is 71.3 Å². The maximum Gasteiger partial charge on any atom is 0.293 e. The van der Waals surface area contributed by atoms with Gasteiger partial charge in [-0.1, -0.05) is 72.3 Å². The summed E-state index contributed by atoms with van der Waals surface area (Å²) in [6, 6.07) is 38.6. The summed E-state index contributed by atoms with van der Waals surface area (Å²) in [4.78, 5) is 33.2. The minimum atomic E-state index is -4.56. The Morgan fingerprint density at radius 3 is 2.33 bits per heavy atom. The standard InChI is InChI=1S/C43H39ClN6O7S/c44-33-15-13-31(14-16-33)37-11-5-4-8-32(37)30-48-23-25-49(26-24-48)34-17-19-38(41(28-34)57-35-9-2-1-3-10-35)43(51)47-58(54,55)36-18-20-39(40(29-36)50(52)53)45-22-27-56-42-12-6-7-21-46-42/h1-21,28-29,45H,22-27,30H2,(H,47,51). The van der Waals surface area contributed by atoms with Crippen LogP contribution in [0.5, 0.6) is 17.4 Å². The van der Waals surface area contributed by atoms with Crippen LogP contribution < -0.4 is 24.4 Å². The molecule has 7 rings (SSSR count). The number of sulfonamides is 1. The number of nitro groups is 1. The molecule has 15 heteroatoms. The summed E-state index contributed by atoms with van der Waals surface area (Å²) >= 11 is 6.14. The zero-order valence-electron chi connectivity index (χ0n) is 31.2. The van der Waals surface area contributed by atoms with E-state index in [0.717, 1.165) is 42.5 Å². The van der Waals surface area contributed by atoms with Crippen molar-refractivity contribution >= 4 is 44.6 Å². The highest BCUT2D eigenvalue weighted by molar-refractivity contribution is 7.90. The molecule has 0 atom stereocenters. The summed E-state index contributed by atoms with van der Waals surface area (Å²) in [5.41, 5.74) is 3.84. The molecular formula is C43H39ClN6O7S. The Balaban J connectivity index is 1.04. The number of carbonyl (C=O) groups excluding carboxylic acids is 1. The smallest absolute Gasteiger partial charge is 0.293 e. The second-order valence-corrected chi connectivity index (χ2v) is 15.5. The van der Waals surface area contributed by atoms with Crippen LogP contribution in [0.2, 0.25) is 5.02 Å². The van der Waals surface area contributed by atoms with Gasteiger partial charge in [0, 0.05) is 74.4 Å². The molecule has 0 unspecified atom stereocenters. The topological polar surface area (TPSA) is 156 Å². The van der Waals surface area contributed by atoms with E-state index in [4.69, 9.17) is 21.1 Å². The third-order valence-corrected chi connectivity index (χ3v) is 11.1. The van der Waals surface area contributed by atoms with E-state index in [1.54, 1.807) is 60.8 Å². The number of nitrogens with zero attached hydrogens (tertiary/aromatic N) is 4. The number of rotatable bonds is 15. The van der Waals surface area contributed by atoms with Gasteiger partial charge in [-0.25, -0.2) is 18.1 Å². The van der Waals surface area contributed by atoms with Crippen LogP contribution in [0.4, 0.5) is 17.1 Å². The molecule has 0 radical (unpaired) electrons. The number of benzene rings is 5. The van der Waals surface area contributed by atoms with Crippen LogP contribution in [0.25, 0.3) is 11.1 Å². The molecule has 13 nitrogen and oxygen atoms in total. The summed E-state index contributed by atoms with van der Waals surface area (Å²) in [6.07, 6.45) is 1.58. The van der Waals surface area contributed by atoms with E-state index in [1.807, 2.05) is 42.5 Å². The second-order valence-electron chi connectivity index (χ2n) is 13.3. The Morgan fingerprint density at radius 1 is 0.845 bits per heavy atom. The zero-order chi connectivity index (χ0) is 40.5. The number of hydrogen-bond donors (Lipinski definition) is 2. The van der Waals surface area contributed by atoms with E-state index in [1.165, 1.54) is 23.8 Å². The van der Waals surface area contributed by atoms with Gasteiger partial charge in [-0.3, -0.25) is 19.8 Å². The van der Waals surface area contributed by atoms with Crippen LogP contribution in [-0.4, -0.2) is 68.5 Å². The molecule has 6 aromatic rings. The van der Waals surface area contributed by atoms with E-state index < -0.39 is 31.4 Å². The predicted octanol–water partition coefficient (Wildman–Crippen LogP) is 8.03. The summed E-state index contributed by atoms with van der Waals surface area (Å²) < 4.78 is 40.8. The SMILES string of the molecule is O=C(NS(=O)(=O)c1ccc(NCCOc2ccccn2)c([N+](=O)[O-])c1)c1ccc(N2CCN(Cc3ccccc3-c3ccc(Cl)cc3)CC2)cc1Oc1ccccc1. The lowest BCUT2D eigenvalue weighted by atomic mass is 9.99. The monoisotopic (exact) mass is 818 g/mol. The quantitative estimate of drug-likeness (QED) is 0.0588. The number of aromatic nitrogens is 1. The molecule has 1 aliphatic rings. The van der Waals surface area contributed by atoms with Crippen molar-refractivity contribution in [3.63, 3.8) is 0 Å². The second kappa shape index (κ2) is 18.2. The van der Waals surface area contributed by atoms with Gasteiger partial charge in [-0.15, -0.1) is 0 Å². The van der Waals surface area contributed by atoms with Crippen LogP contribution in [0.3, 0.4) is 0 Å². The molecule has 1 amide bonds. The Bertz CT molecular complexity index is 2490. The number of nitrogens with one attached hydrogen (secondary N) is 2. The number of pyridine rings is 1. The van der Waals surface area contributed by atoms with Crippen molar-refractivity contribution in [1.29, 1.82) is 0 Å². The maximum atomic E-state index is 13.7. The number of anilines is 2. The number of piperazine rings is 1. The largest absolute Gasteiger partial charge is 0.476 e. The fourth-order valence-electron chi connectivity index (χ4n) is 6.56. The lowest BCUT2D eigenvalue weighted by Gasteiger charge is -2.36. The lowest BCUT2D eigenvalue weighted by molar-refractivity contribution is -0.384. The third kappa shape index (κ3) is 9.90. The molecule has 1 fully saturated rings. The Hall–Kier alpha value is -6.48. The highest BCUT2D eigenvalue weighted by Gasteiger charge is 2.27. The van der Waals surface area contributed by atoms with E-state index in [9.17, 15) is 23.3 Å². The number of ether oxygens (including phenoxy) is 2. The van der Waals surface area contributed by atoms with Gasteiger partial charge in [0.15, 0.2) is 0 Å². The molecule has 1 aliphatic heterocycles. The van der Waals surface area contributed by atoms with Gasteiger partial charge >= 0.3 is 0 Å². The third-order valence-electron chi connectivity index (χ3n) is 9.49. The molecule has 0 spiro atoms. The van der Waals surface area contributed by atoms with Gasteiger partial charge in [0.05, 0.1) is 15.4 Å². The summed E-state index contributed by atoms with van der Waals surface area (Å²) in [7, 11) is -4.56. The van der Waals surface area contributed by atoms with Gasteiger partial charge < -0.3 is 19.7 Å². The number of carbonyl (C=O) groups is 1. The van der Waals surface area contributed by atoms with Crippen molar-refractivity contribution in [2.45, 2.75) is 11.4 Å². The number of nitro benzene ring substituents is 1. The van der Waals surface area contributed by atoms with Crippen molar-refractivity contribution in [3.05, 3.63) is 166 Å². The molecule has 0 aliphatic carbocycles. The first kappa shape index (κ1) is 39.7. The molecule has 296 valence electrons. The van der Waals surface area contributed by atoms with Crippen molar-refractivity contribution < 1.29 is 27.6 Å². The molecule has 58 heavy (non-hydrogen) atoms. The molecule has 2 heterocycles. The van der Waals surface area contributed by atoms with Crippen LogP contribution in [-0.2, 0) is 16.6 Å². The lowest BCUT2D eigenvalue weighted by Crippen LogP contribution is -2.46. The van der Waals surface area contributed by atoms with Crippen LogP contribution in [0.15, 0.2) is 145 Å².